The summed E-state index contributed by atoms with van der Waals surface area (Å²) in [5, 5.41) is 0. The van der Waals surface area contributed by atoms with Gasteiger partial charge in [0.15, 0.2) is 0 Å². The summed E-state index contributed by atoms with van der Waals surface area (Å²) >= 11 is 0. The Morgan fingerprint density at radius 1 is 0.875 bits per heavy atom. The molecule has 0 saturated carbocycles. The van der Waals surface area contributed by atoms with Crippen LogP contribution in [0.5, 0.6) is 0 Å². The first-order valence-electron chi connectivity index (χ1n) is 5.74. The first-order chi connectivity index (χ1) is 7.70. The smallest absolute Gasteiger partial charge is 0.310 e. The standard InChI is InChI=1S/C12H20O4/c1-3-5-7-11(13)15-9-10-16-12(14)8-6-4-2/h9-10H,3-8H2,1-2H3. The van der Waals surface area contributed by atoms with E-state index in [2.05, 4.69) is 0 Å². The number of unbranched alkanes of at least 4 members (excludes halogenated alkanes) is 2. The van der Waals surface area contributed by atoms with Crippen molar-refractivity contribution in [1.82, 2.24) is 0 Å². The predicted octanol–water partition coefficient (Wildman–Crippen LogP) is 2.92. The topological polar surface area (TPSA) is 52.6 Å². The normalized spacial score (nSPS) is 10.4. The maximum atomic E-state index is 11.0. The number of hydrogen-bond donors (Lipinski definition) is 0. The monoisotopic (exact) mass is 228 g/mol. The molecule has 0 amide bonds. The van der Waals surface area contributed by atoms with E-state index >= 15 is 0 Å². The zero-order valence-electron chi connectivity index (χ0n) is 10.0. The van der Waals surface area contributed by atoms with E-state index < -0.39 is 0 Å². The second kappa shape index (κ2) is 10.2. The highest BCUT2D eigenvalue weighted by Crippen LogP contribution is 1.98. The Labute approximate surface area is 96.6 Å². The van der Waals surface area contributed by atoms with Crippen molar-refractivity contribution < 1.29 is 19.1 Å². The summed E-state index contributed by atoms with van der Waals surface area (Å²) in [4.78, 5) is 22.0. The van der Waals surface area contributed by atoms with Gasteiger partial charge in [0, 0.05) is 12.8 Å². The van der Waals surface area contributed by atoms with E-state index in [4.69, 9.17) is 9.47 Å². The average Bonchev–Trinajstić information content (AvgIpc) is 2.29. The fraction of sp³-hybridized carbons (Fsp3) is 0.667. The molecule has 0 aromatic carbocycles. The van der Waals surface area contributed by atoms with E-state index in [1.54, 1.807) is 0 Å². The van der Waals surface area contributed by atoms with Crippen molar-refractivity contribution in [1.29, 1.82) is 0 Å². The maximum absolute atomic E-state index is 11.0. The molecule has 0 aliphatic carbocycles. The van der Waals surface area contributed by atoms with Crippen LogP contribution in [0.1, 0.15) is 52.4 Å². The Morgan fingerprint density at radius 3 is 1.56 bits per heavy atom. The summed E-state index contributed by atoms with van der Waals surface area (Å²) in [6.45, 7) is 4.00. The van der Waals surface area contributed by atoms with E-state index in [1.165, 1.54) is 0 Å². The van der Waals surface area contributed by atoms with E-state index in [1.807, 2.05) is 13.8 Å². The molecule has 92 valence electrons. The lowest BCUT2D eigenvalue weighted by molar-refractivity contribution is -0.141. The van der Waals surface area contributed by atoms with Crippen LogP contribution in [-0.4, -0.2) is 11.9 Å². The van der Waals surface area contributed by atoms with Crippen molar-refractivity contribution in [3.05, 3.63) is 12.5 Å². The molecule has 0 unspecified atom stereocenters. The zero-order chi connectivity index (χ0) is 12.2. The molecule has 0 spiro atoms. The van der Waals surface area contributed by atoms with Crippen molar-refractivity contribution >= 4 is 11.9 Å². The van der Waals surface area contributed by atoms with Gasteiger partial charge in [0.2, 0.25) is 0 Å². The molecule has 16 heavy (non-hydrogen) atoms. The number of ether oxygens (including phenoxy) is 2. The third-order valence-corrected chi connectivity index (χ3v) is 1.92. The summed E-state index contributed by atoms with van der Waals surface area (Å²) in [6.07, 6.45) is 6.53. The molecular formula is C12H20O4. The van der Waals surface area contributed by atoms with Gasteiger partial charge in [0.25, 0.3) is 0 Å². The van der Waals surface area contributed by atoms with Crippen molar-refractivity contribution in [3.8, 4) is 0 Å². The lowest BCUT2D eigenvalue weighted by Crippen LogP contribution is -2.01. The van der Waals surface area contributed by atoms with Crippen LogP contribution in [0.3, 0.4) is 0 Å². The molecule has 4 heteroatoms. The highest BCUT2D eigenvalue weighted by molar-refractivity contribution is 5.70. The zero-order valence-corrected chi connectivity index (χ0v) is 10.0. The summed E-state index contributed by atoms with van der Waals surface area (Å²) in [7, 11) is 0. The van der Waals surface area contributed by atoms with Gasteiger partial charge in [-0.1, -0.05) is 26.7 Å². The van der Waals surface area contributed by atoms with Gasteiger partial charge in [0.1, 0.15) is 12.5 Å². The third kappa shape index (κ3) is 9.24. The van der Waals surface area contributed by atoms with Crippen LogP contribution in [0.4, 0.5) is 0 Å². The van der Waals surface area contributed by atoms with Gasteiger partial charge >= 0.3 is 11.9 Å². The highest BCUT2D eigenvalue weighted by atomic mass is 16.6. The second-order valence-corrected chi connectivity index (χ2v) is 3.46. The number of carbonyl (C=O) groups is 2. The molecule has 0 aliphatic rings. The van der Waals surface area contributed by atoms with E-state index in [0.29, 0.717) is 12.8 Å². The van der Waals surface area contributed by atoms with Gasteiger partial charge in [-0.2, -0.15) is 0 Å². The SMILES string of the molecule is CCCCC(=O)OC=COC(=O)CCCC. The Balaban J connectivity index is 3.53. The molecule has 0 aromatic heterocycles. The Hall–Kier alpha value is -1.32. The molecule has 4 nitrogen and oxygen atoms in total. The Kier molecular flexibility index (Phi) is 9.36. The molecule has 0 atom stereocenters. The fourth-order valence-electron chi connectivity index (χ4n) is 0.967. The van der Waals surface area contributed by atoms with E-state index in [9.17, 15) is 9.59 Å². The number of esters is 2. The quantitative estimate of drug-likeness (QED) is 0.473. The van der Waals surface area contributed by atoms with Gasteiger partial charge in [-0.05, 0) is 12.8 Å². The largest absolute Gasteiger partial charge is 0.431 e. The number of rotatable bonds is 8. The van der Waals surface area contributed by atoms with Gasteiger partial charge < -0.3 is 9.47 Å². The summed E-state index contributed by atoms with van der Waals surface area (Å²) < 4.78 is 9.40. The molecule has 0 heterocycles. The van der Waals surface area contributed by atoms with Gasteiger partial charge in [-0.3, -0.25) is 9.59 Å². The Bertz CT molecular complexity index is 209. The van der Waals surface area contributed by atoms with Crippen LogP contribution in [0.2, 0.25) is 0 Å². The lowest BCUT2D eigenvalue weighted by Gasteiger charge is -1.98. The Morgan fingerprint density at radius 2 is 1.25 bits per heavy atom. The van der Waals surface area contributed by atoms with Crippen LogP contribution >= 0.6 is 0 Å². The van der Waals surface area contributed by atoms with Crippen LogP contribution < -0.4 is 0 Å². The molecular weight excluding hydrogens is 208 g/mol. The highest BCUT2D eigenvalue weighted by Gasteiger charge is 2.00. The van der Waals surface area contributed by atoms with Crippen LogP contribution in [0.25, 0.3) is 0 Å². The molecule has 0 fully saturated rings. The van der Waals surface area contributed by atoms with Crippen LogP contribution in [0.15, 0.2) is 12.5 Å². The minimum absolute atomic E-state index is 0.303. The van der Waals surface area contributed by atoms with E-state index in [-0.39, 0.29) is 11.9 Å². The fourth-order valence-corrected chi connectivity index (χ4v) is 0.967. The molecule has 0 N–H and O–H groups in total. The van der Waals surface area contributed by atoms with Gasteiger partial charge in [-0.25, -0.2) is 0 Å². The van der Waals surface area contributed by atoms with Gasteiger partial charge in [0.05, 0.1) is 0 Å². The van der Waals surface area contributed by atoms with Crippen molar-refractivity contribution in [2.75, 3.05) is 0 Å². The minimum atomic E-state index is -0.303. The molecule has 0 rings (SSSR count). The number of carbonyl (C=O) groups excluding carboxylic acids is 2. The molecule has 0 bridgehead atoms. The first kappa shape index (κ1) is 14.7. The summed E-state index contributed by atoms with van der Waals surface area (Å²) in [5.41, 5.74) is 0. The summed E-state index contributed by atoms with van der Waals surface area (Å²) in [6, 6.07) is 0. The second-order valence-electron chi connectivity index (χ2n) is 3.46. The van der Waals surface area contributed by atoms with Crippen molar-refractivity contribution in [2.45, 2.75) is 52.4 Å². The third-order valence-electron chi connectivity index (χ3n) is 1.92. The first-order valence-corrected chi connectivity index (χ1v) is 5.74. The number of hydrogen-bond acceptors (Lipinski definition) is 4. The molecule has 0 aromatic rings. The summed E-state index contributed by atoms with van der Waals surface area (Å²) in [5.74, 6) is -0.606. The van der Waals surface area contributed by atoms with Crippen LogP contribution in [0, 0.1) is 0 Å². The predicted molar refractivity (Wildman–Crippen MR) is 60.4 cm³/mol. The molecule has 0 saturated heterocycles. The molecule has 0 aliphatic heterocycles. The lowest BCUT2D eigenvalue weighted by atomic mass is 10.2. The van der Waals surface area contributed by atoms with Crippen LogP contribution in [-0.2, 0) is 19.1 Å². The van der Waals surface area contributed by atoms with Gasteiger partial charge in [-0.15, -0.1) is 0 Å². The maximum Gasteiger partial charge on any atom is 0.310 e. The average molecular weight is 228 g/mol. The molecule has 0 radical (unpaired) electrons. The van der Waals surface area contributed by atoms with Crippen molar-refractivity contribution in [3.63, 3.8) is 0 Å². The minimum Gasteiger partial charge on any atom is -0.431 e. The van der Waals surface area contributed by atoms with E-state index in [0.717, 1.165) is 38.2 Å². The van der Waals surface area contributed by atoms with Crippen molar-refractivity contribution in [2.24, 2.45) is 0 Å².